The highest BCUT2D eigenvalue weighted by Gasteiger charge is 2.33. The van der Waals surface area contributed by atoms with E-state index >= 15 is 0 Å². The number of amides is 2. The molecule has 28 heavy (non-hydrogen) atoms. The smallest absolute Gasteiger partial charge is 0.325 e. The maximum absolute atomic E-state index is 13.0. The van der Waals surface area contributed by atoms with E-state index in [1.165, 1.54) is 23.1 Å². The summed E-state index contributed by atoms with van der Waals surface area (Å²) in [6.45, 7) is 1.67. The molecule has 0 aliphatic carbocycles. The van der Waals surface area contributed by atoms with Gasteiger partial charge in [0.25, 0.3) is 0 Å². The molecule has 2 amide bonds. The van der Waals surface area contributed by atoms with Gasteiger partial charge in [0.1, 0.15) is 0 Å². The second kappa shape index (κ2) is 9.36. The quantitative estimate of drug-likeness (QED) is 0.753. The van der Waals surface area contributed by atoms with E-state index in [9.17, 15) is 22.8 Å². The first-order valence-corrected chi connectivity index (χ1v) is 8.73. The van der Waals surface area contributed by atoms with Crippen LogP contribution in [0.1, 0.15) is 18.1 Å². The zero-order valence-corrected chi connectivity index (χ0v) is 15.6. The van der Waals surface area contributed by atoms with Gasteiger partial charge in [0, 0.05) is 5.69 Å². The fourth-order valence-corrected chi connectivity index (χ4v) is 2.72. The molecule has 0 aliphatic heterocycles. The van der Waals surface area contributed by atoms with Crippen LogP contribution in [-0.4, -0.2) is 36.9 Å². The number of rotatable bonds is 7. The summed E-state index contributed by atoms with van der Waals surface area (Å²) in [6, 6.07) is 12.1. The third-order valence-electron chi connectivity index (χ3n) is 4.01. The lowest BCUT2D eigenvalue weighted by molar-refractivity contribution is -0.137. The molecule has 0 spiro atoms. The highest BCUT2D eigenvalue weighted by molar-refractivity contribution is 5.95. The number of benzene rings is 2. The summed E-state index contributed by atoms with van der Waals surface area (Å²) in [7, 11) is 1.54. The normalized spacial score (nSPS) is 11.4. The van der Waals surface area contributed by atoms with Crippen molar-refractivity contribution in [1.29, 1.82) is 0 Å². The molecule has 2 N–H and O–H groups in total. The number of halogens is 3. The van der Waals surface area contributed by atoms with Gasteiger partial charge in [0.05, 0.1) is 24.3 Å². The Hall–Kier alpha value is -2.87. The number of hydrogen-bond acceptors (Lipinski definition) is 3. The highest BCUT2D eigenvalue weighted by Crippen LogP contribution is 2.34. The van der Waals surface area contributed by atoms with Gasteiger partial charge in [-0.2, -0.15) is 13.2 Å². The number of alkyl halides is 3. The van der Waals surface area contributed by atoms with Gasteiger partial charge in [0.2, 0.25) is 11.8 Å². The summed E-state index contributed by atoms with van der Waals surface area (Å²) >= 11 is 0. The van der Waals surface area contributed by atoms with Crippen LogP contribution in [0.2, 0.25) is 0 Å². The summed E-state index contributed by atoms with van der Waals surface area (Å²) in [4.78, 5) is 25.7. The monoisotopic (exact) mass is 393 g/mol. The average Bonchev–Trinajstić information content (AvgIpc) is 2.61. The molecule has 0 radical (unpaired) electrons. The molecule has 2 aromatic carbocycles. The van der Waals surface area contributed by atoms with Crippen LogP contribution >= 0.6 is 0 Å². The van der Waals surface area contributed by atoms with Crippen molar-refractivity contribution in [3.8, 4) is 0 Å². The lowest BCUT2D eigenvalue weighted by Gasteiger charge is -2.18. The molecule has 0 heterocycles. The van der Waals surface area contributed by atoms with Crippen LogP contribution in [-0.2, 0) is 22.2 Å². The predicted molar refractivity (Wildman–Crippen MR) is 102 cm³/mol. The molecule has 2 rings (SSSR count). The van der Waals surface area contributed by atoms with Crippen molar-refractivity contribution in [3.05, 3.63) is 59.7 Å². The maximum Gasteiger partial charge on any atom is 0.418 e. The van der Waals surface area contributed by atoms with Gasteiger partial charge in [-0.15, -0.1) is 0 Å². The van der Waals surface area contributed by atoms with Gasteiger partial charge in [-0.25, -0.2) is 0 Å². The molecule has 0 unspecified atom stereocenters. The predicted octanol–water partition coefficient (Wildman–Crippen LogP) is 3.78. The number of anilines is 2. The molecule has 0 aliphatic rings. The Kier molecular flexibility index (Phi) is 7.17. The molecular weight excluding hydrogens is 371 g/mol. The SMILES string of the molecule is CCc1ccccc1NC(=O)CN(C)CC(=O)Nc1ccccc1C(F)(F)F. The third kappa shape index (κ3) is 6.09. The lowest BCUT2D eigenvalue weighted by atomic mass is 10.1. The van der Waals surface area contributed by atoms with Crippen molar-refractivity contribution in [2.24, 2.45) is 0 Å². The van der Waals surface area contributed by atoms with E-state index in [1.54, 1.807) is 13.1 Å². The van der Waals surface area contributed by atoms with Crippen LogP contribution < -0.4 is 10.6 Å². The molecule has 0 saturated heterocycles. The van der Waals surface area contributed by atoms with Crippen LogP contribution in [0, 0.1) is 0 Å². The first-order valence-electron chi connectivity index (χ1n) is 8.73. The van der Waals surface area contributed by atoms with E-state index in [0.29, 0.717) is 5.69 Å². The Morgan fingerprint density at radius 3 is 1.96 bits per heavy atom. The second-order valence-corrected chi connectivity index (χ2v) is 6.32. The average molecular weight is 393 g/mol. The van der Waals surface area contributed by atoms with Gasteiger partial charge in [-0.1, -0.05) is 37.3 Å². The number of likely N-dealkylation sites (N-methyl/N-ethyl adjacent to an activating group) is 1. The lowest BCUT2D eigenvalue weighted by Crippen LogP contribution is -2.36. The standard InChI is InChI=1S/C20H22F3N3O2/c1-3-14-8-4-6-10-16(14)24-18(27)12-26(2)13-19(28)25-17-11-7-5-9-15(17)20(21,22)23/h4-11H,3,12-13H2,1-2H3,(H,24,27)(H,25,28). The van der Waals surface area contributed by atoms with Crippen molar-refractivity contribution in [2.45, 2.75) is 19.5 Å². The largest absolute Gasteiger partial charge is 0.418 e. The fourth-order valence-electron chi connectivity index (χ4n) is 2.72. The van der Waals surface area contributed by atoms with E-state index in [1.807, 2.05) is 25.1 Å². The van der Waals surface area contributed by atoms with Crippen LogP contribution in [0.4, 0.5) is 24.5 Å². The van der Waals surface area contributed by atoms with E-state index < -0.39 is 17.6 Å². The summed E-state index contributed by atoms with van der Waals surface area (Å²) < 4.78 is 39.0. The van der Waals surface area contributed by atoms with Gasteiger partial charge in [-0.3, -0.25) is 14.5 Å². The molecule has 2 aromatic rings. The molecule has 0 bridgehead atoms. The Balaban J connectivity index is 1.92. The minimum Gasteiger partial charge on any atom is -0.325 e. The molecular formula is C20H22F3N3O2. The fraction of sp³-hybridized carbons (Fsp3) is 0.300. The van der Waals surface area contributed by atoms with Crippen molar-refractivity contribution in [1.82, 2.24) is 4.90 Å². The van der Waals surface area contributed by atoms with Crippen molar-refractivity contribution >= 4 is 23.2 Å². The van der Waals surface area contributed by atoms with Gasteiger partial charge < -0.3 is 10.6 Å². The molecule has 0 fully saturated rings. The van der Waals surface area contributed by atoms with E-state index in [-0.39, 0.29) is 24.7 Å². The van der Waals surface area contributed by atoms with E-state index in [4.69, 9.17) is 0 Å². The zero-order valence-electron chi connectivity index (χ0n) is 15.6. The first kappa shape index (κ1) is 21.4. The highest BCUT2D eigenvalue weighted by atomic mass is 19.4. The van der Waals surface area contributed by atoms with Crippen LogP contribution in [0.5, 0.6) is 0 Å². The zero-order chi connectivity index (χ0) is 20.7. The number of carbonyl (C=O) groups is 2. The van der Waals surface area contributed by atoms with E-state index in [2.05, 4.69) is 10.6 Å². The molecule has 8 heteroatoms. The van der Waals surface area contributed by atoms with Gasteiger partial charge >= 0.3 is 6.18 Å². The third-order valence-corrected chi connectivity index (χ3v) is 4.01. The van der Waals surface area contributed by atoms with Crippen molar-refractivity contribution in [2.75, 3.05) is 30.8 Å². The van der Waals surface area contributed by atoms with Crippen molar-refractivity contribution in [3.63, 3.8) is 0 Å². The number of hydrogen-bond donors (Lipinski definition) is 2. The molecule has 0 aromatic heterocycles. The summed E-state index contributed by atoms with van der Waals surface area (Å²) in [6.07, 6.45) is -3.81. The topological polar surface area (TPSA) is 61.4 Å². The number of carbonyl (C=O) groups excluding carboxylic acids is 2. The number of nitrogens with zero attached hydrogens (tertiary/aromatic N) is 1. The molecule has 0 atom stereocenters. The Labute approximate surface area is 161 Å². The van der Waals surface area contributed by atoms with Gasteiger partial charge in [-0.05, 0) is 37.2 Å². The van der Waals surface area contributed by atoms with Crippen LogP contribution in [0.3, 0.4) is 0 Å². The van der Waals surface area contributed by atoms with E-state index in [0.717, 1.165) is 18.1 Å². The Bertz CT molecular complexity index is 837. The minimum atomic E-state index is -4.57. The summed E-state index contributed by atoms with van der Waals surface area (Å²) in [5, 5.41) is 5.04. The number of para-hydroxylation sites is 2. The molecule has 150 valence electrons. The second-order valence-electron chi connectivity index (χ2n) is 6.32. The van der Waals surface area contributed by atoms with Crippen LogP contribution in [0.15, 0.2) is 48.5 Å². The molecule has 5 nitrogen and oxygen atoms in total. The summed E-state index contributed by atoms with van der Waals surface area (Å²) in [5.74, 6) is -0.951. The maximum atomic E-state index is 13.0. The van der Waals surface area contributed by atoms with Crippen molar-refractivity contribution < 1.29 is 22.8 Å². The van der Waals surface area contributed by atoms with Gasteiger partial charge in [0.15, 0.2) is 0 Å². The summed E-state index contributed by atoms with van der Waals surface area (Å²) in [5.41, 5.74) is 0.460. The molecule has 0 saturated carbocycles. The first-order chi connectivity index (χ1) is 13.2. The minimum absolute atomic E-state index is 0.0770. The number of nitrogens with one attached hydrogen (secondary N) is 2. The van der Waals surface area contributed by atoms with Crippen LogP contribution in [0.25, 0.3) is 0 Å². The Morgan fingerprint density at radius 1 is 0.893 bits per heavy atom. The number of aryl methyl sites for hydroxylation is 1. The Morgan fingerprint density at radius 2 is 1.39 bits per heavy atom.